The zero-order chi connectivity index (χ0) is 21.1. The first-order chi connectivity index (χ1) is 13.7. The number of aryl methyl sites for hydroxylation is 2. The van der Waals surface area contributed by atoms with Crippen molar-refractivity contribution in [3.05, 3.63) is 57.0 Å². The molecule has 1 heterocycles. The van der Waals surface area contributed by atoms with E-state index in [2.05, 4.69) is 21.2 Å². The number of hydrogen-bond acceptors (Lipinski definition) is 4. The van der Waals surface area contributed by atoms with Crippen molar-refractivity contribution in [3.8, 4) is 0 Å². The van der Waals surface area contributed by atoms with Crippen molar-refractivity contribution in [1.82, 2.24) is 0 Å². The fraction of sp³-hybridized carbons (Fsp3) is 0.286. The summed E-state index contributed by atoms with van der Waals surface area (Å²) in [5.74, 6) is -1.76. The molecular formula is C21H20BrClN2O4. The average Bonchev–Trinajstić information content (AvgIpc) is 3.05. The molecule has 2 aromatic carbocycles. The number of nitrogens with zero attached hydrogens (tertiary/aromatic N) is 1. The Kier molecular flexibility index (Phi) is 6.59. The Morgan fingerprint density at radius 2 is 1.83 bits per heavy atom. The molecule has 29 heavy (non-hydrogen) atoms. The molecule has 1 aliphatic rings. The van der Waals surface area contributed by atoms with Crippen LogP contribution in [0.25, 0.3) is 0 Å². The lowest BCUT2D eigenvalue weighted by Crippen LogP contribution is -2.28. The molecule has 1 atom stereocenters. The average molecular weight is 480 g/mol. The summed E-state index contributed by atoms with van der Waals surface area (Å²) in [5, 5.41) is 3.34. The van der Waals surface area contributed by atoms with Gasteiger partial charge in [0.1, 0.15) is 0 Å². The summed E-state index contributed by atoms with van der Waals surface area (Å²) < 4.78 is 6.08. The molecule has 0 saturated carbocycles. The monoisotopic (exact) mass is 478 g/mol. The largest absolute Gasteiger partial charge is 0.455 e. The van der Waals surface area contributed by atoms with Gasteiger partial charge in [-0.05, 0) is 61.4 Å². The number of esters is 1. The molecular weight excluding hydrogens is 460 g/mol. The summed E-state index contributed by atoms with van der Waals surface area (Å²) in [4.78, 5) is 38.3. The van der Waals surface area contributed by atoms with Crippen molar-refractivity contribution < 1.29 is 19.1 Å². The summed E-state index contributed by atoms with van der Waals surface area (Å²) >= 11 is 9.28. The molecule has 1 N–H and O–H groups in total. The number of amides is 2. The van der Waals surface area contributed by atoms with E-state index in [1.165, 1.54) is 4.90 Å². The van der Waals surface area contributed by atoms with Crippen LogP contribution >= 0.6 is 27.5 Å². The molecule has 6 nitrogen and oxygen atoms in total. The minimum absolute atomic E-state index is 0.0496. The summed E-state index contributed by atoms with van der Waals surface area (Å²) in [5.41, 5.74) is 3.17. The molecule has 1 aliphatic heterocycles. The van der Waals surface area contributed by atoms with E-state index in [1.54, 1.807) is 24.3 Å². The van der Waals surface area contributed by atoms with E-state index in [0.29, 0.717) is 16.4 Å². The third-order valence-electron chi connectivity index (χ3n) is 4.70. The van der Waals surface area contributed by atoms with E-state index < -0.39 is 24.4 Å². The Morgan fingerprint density at radius 3 is 2.45 bits per heavy atom. The summed E-state index contributed by atoms with van der Waals surface area (Å²) in [6.07, 6.45) is 0.0496. The Balaban J connectivity index is 1.55. The number of nitrogens with one attached hydrogen (secondary N) is 1. The van der Waals surface area contributed by atoms with Gasteiger partial charge in [0.25, 0.3) is 5.91 Å². The van der Waals surface area contributed by atoms with Gasteiger partial charge in [-0.25, -0.2) is 0 Å². The van der Waals surface area contributed by atoms with Crippen LogP contribution in [0, 0.1) is 19.8 Å². The number of benzene rings is 2. The predicted octanol–water partition coefficient (Wildman–Crippen LogP) is 4.25. The van der Waals surface area contributed by atoms with E-state index >= 15 is 0 Å². The number of carbonyl (C=O) groups excluding carboxylic acids is 3. The number of anilines is 2. The van der Waals surface area contributed by atoms with E-state index in [9.17, 15) is 14.4 Å². The molecule has 2 amide bonds. The van der Waals surface area contributed by atoms with Crippen LogP contribution in [0.15, 0.2) is 40.9 Å². The van der Waals surface area contributed by atoms with Crippen molar-refractivity contribution in [3.63, 3.8) is 0 Å². The van der Waals surface area contributed by atoms with E-state index in [0.717, 1.165) is 15.6 Å². The van der Waals surface area contributed by atoms with Gasteiger partial charge in [0.15, 0.2) is 6.61 Å². The lowest BCUT2D eigenvalue weighted by Gasteiger charge is -2.16. The van der Waals surface area contributed by atoms with Crippen LogP contribution in [0.2, 0.25) is 5.02 Å². The number of rotatable bonds is 5. The van der Waals surface area contributed by atoms with Crippen molar-refractivity contribution in [2.45, 2.75) is 20.3 Å². The van der Waals surface area contributed by atoms with Crippen LogP contribution < -0.4 is 10.2 Å². The minimum atomic E-state index is -0.609. The first kappa shape index (κ1) is 21.3. The van der Waals surface area contributed by atoms with Crippen LogP contribution in [-0.2, 0) is 19.1 Å². The standard InChI is InChI=1S/C21H20BrClN2O4/c1-12-7-15(22)8-13(2)20(12)24-18(26)11-29-21(28)14-9-19(27)25(10-14)17-5-3-16(23)4-6-17/h3-8,14H,9-11H2,1-2H3,(H,24,26). The second-order valence-electron chi connectivity index (χ2n) is 6.95. The van der Waals surface area contributed by atoms with Crippen LogP contribution in [0.1, 0.15) is 17.5 Å². The number of ether oxygens (including phenoxy) is 1. The zero-order valence-corrected chi connectivity index (χ0v) is 18.3. The molecule has 152 valence electrons. The first-order valence-electron chi connectivity index (χ1n) is 9.03. The predicted molar refractivity (Wildman–Crippen MR) is 115 cm³/mol. The maximum absolute atomic E-state index is 12.3. The molecule has 3 rings (SSSR count). The van der Waals surface area contributed by atoms with Gasteiger partial charge in [0.2, 0.25) is 5.91 Å². The molecule has 8 heteroatoms. The Bertz CT molecular complexity index is 939. The van der Waals surface area contributed by atoms with Gasteiger partial charge in [-0.2, -0.15) is 0 Å². The molecule has 1 saturated heterocycles. The second kappa shape index (κ2) is 8.97. The molecule has 0 bridgehead atoms. The summed E-state index contributed by atoms with van der Waals surface area (Å²) in [7, 11) is 0. The maximum Gasteiger partial charge on any atom is 0.311 e. The fourth-order valence-corrected chi connectivity index (χ4v) is 4.09. The molecule has 2 aromatic rings. The molecule has 0 radical (unpaired) electrons. The first-order valence-corrected chi connectivity index (χ1v) is 10.2. The third kappa shape index (κ3) is 5.16. The van der Waals surface area contributed by atoms with E-state index in [4.69, 9.17) is 16.3 Å². The van der Waals surface area contributed by atoms with Crippen molar-refractivity contribution in [1.29, 1.82) is 0 Å². The van der Waals surface area contributed by atoms with Crippen LogP contribution in [0.4, 0.5) is 11.4 Å². The lowest BCUT2D eigenvalue weighted by atomic mass is 10.1. The fourth-order valence-electron chi connectivity index (χ4n) is 3.27. The Morgan fingerprint density at radius 1 is 1.21 bits per heavy atom. The van der Waals surface area contributed by atoms with Crippen LogP contribution in [-0.4, -0.2) is 30.9 Å². The van der Waals surface area contributed by atoms with Gasteiger partial charge in [-0.1, -0.05) is 27.5 Å². The zero-order valence-electron chi connectivity index (χ0n) is 16.0. The van der Waals surface area contributed by atoms with Crippen LogP contribution in [0.5, 0.6) is 0 Å². The highest BCUT2D eigenvalue weighted by Crippen LogP contribution is 2.27. The van der Waals surface area contributed by atoms with Crippen LogP contribution in [0.3, 0.4) is 0 Å². The highest BCUT2D eigenvalue weighted by molar-refractivity contribution is 9.10. The normalized spacial score (nSPS) is 16.1. The molecule has 1 unspecified atom stereocenters. The van der Waals surface area contributed by atoms with Gasteiger partial charge < -0.3 is 15.0 Å². The highest BCUT2D eigenvalue weighted by Gasteiger charge is 2.36. The molecule has 1 fully saturated rings. The number of halogens is 2. The van der Waals surface area contributed by atoms with Crippen molar-refractivity contribution in [2.24, 2.45) is 5.92 Å². The topological polar surface area (TPSA) is 75.7 Å². The SMILES string of the molecule is Cc1cc(Br)cc(C)c1NC(=O)COC(=O)C1CC(=O)N(c2ccc(Cl)cc2)C1. The van der Waals surface area contributed by atoms with E-state index in [1.807, 2.05) is 26.0 Å². The highest BCUT2D eigenvalue weighted by atomic mass is 79.9. The van der Waals surface area contributed by atoms with Gasteiger partial charge >= 0.3 is 5.97 Å². The minimum Gasteiger partial charge on any atom is -0.455 e. The Labute approximate surface area is 182 Å². The quantitative estimate of drug-likeness (QED) is 0.651. The molecule has 0 aromatic heterocycles. The van der Waals surface area contributed by atoms with Crippen molar-refractivity contribution in [2.75, 3.05) is 23.4 Å². The third-order valence-corrected chi connectivity index (χ3v) is 5.41. The van der Waals surface area contributed by atoms with Crippen molar-refractivity contribution >= 4 is 56.7 Å². The van der Waals surface area contributed by atoms with Gasteiger partial charge in [-0.15, -0.1) is 0 Å². The van der Waals surface area contributed by atoms with E-state index in [-0.39, 0.29) is 18.9 Å². The van der Waals surface area contributed by atoms with Gasteiger partial charge in [0.05, 0.1) is 5.92 Å². The maximum atomic E-state index is 12.3. The smallest absolute Gasteiger partial charge is 0.311 e. The second-order valence-corrected chi connectivity index (χ2v) is 8.30. The molecule has 0 spiro atoms. The van der Waals surface area contributed by atoms with Gasteiger partial charge in [-0.3, -0.25) is 14.4 Å². The molecule has 0 aliphatic carbocycles. The number of hydrogen-bond donors (Lipinski definition) is 1. The lowest BCUT2D eigenvalue weighted by molar-refractivity contribution is -0.151. The Hall–Kier alpha value is -2.38. The summed E-state index contributed by atoms with van der Waals surface area (Å²) in [6.45, 7) is 3.58. The summed E-state index contributed by atoms with van der Waals surface area (Å²) in [6, 6.07) is 10.6. The van der Waals surface area contributed by atoms with Gasteiger partial charge in [0, 0.05) is 33.8 Å². The number of carbonyl (C=O) groups is 3.